The minimum absolute atomic E-state index is 0.626. The van der Waals surface area contributed by atoms with Gasteiger partial charge in [-0.05, 0) is 59.0 Å². The van der Waals surface area contributed by atoms with E-state index in [9.17, 15) is 0 Å². The van der Waals surface area contributed by atoms with Crippen LogP contribution in [0.5, 0.6) is 0 Å². The zero-order valence-electron chi connectivity index (χ0n) is 8.65. The molecule has 84 valence electrons. The fourth-order valence-electron chi connectivity index (χ4n) is 1.65. The highest BCUT2D eigenvalue weighted by molar-refractivity contribution is 14.1. The molecule has 0 bridgehead atoms. The summed E-state index contributed by atoms with van der Waals surface area (Å²) in [6.07, 6.45) is 0. The van der Waals surface area contributed by atoms with Gasteiger partial charge in [0.05, 0.1) is 0 Å². The second kappa shape index (κ2) is 4.31. The molecular weight excluding hydrogens is 349 g/mol. The number of aromatic nitrogens is 1. The van der Waals surface area contributed by atoms with Gasteiger partial charge in [0, 0.05) is 14.2 Å². The second-order valence-corrected chi connectivity index (χ2v) is 5.32. The summed E-state index contributed by atoms with van der Waals surface area (Å²) in [7, 11) is 0. The minimum atomic E-state index is 0.626. The predicted molar refractivity (Wildman–Crippen MR) is 77.2 cm³/mol. The van der Waals surface area contributed by atoms with Gasteiger partial charge < -0.3 is 4.42 Å². The van der Waals surface area contributed by atoms with Crippen molar-refractivity contribution in [1.29, 1.82) is 0 Å². The molecule has 1 heterocycles. The van der Waals surface area contributed by atoms with Crippen molar-refractivity contribution in [3.05, 3.63) is 51.1 Å². The van der Waals surface area contributed by atoms with Gasteiger partial charge in [0.1, 0.15) is 5.52 Å². The van der Waals surface area contributed by atoms with Crippen molar-refractivity contribution in [2.24, 2.45) is 0 Å². The van der Waals surface area contributed by atoms with Crippen molar-refractivity contribution in [2.45, 2.75) is 0 Å². The molecule has 0 aliphatic rings. The first-order valence-electron chi connectivity index (χ1n) is 5.04. The van der Waals surface area contributed by atoms with Gasteiger partial charge in [-0.2, -0.15) is 0 Å². The summed E-state index contributed by atoms with van der Waals surface area (Å²) in [4.78, 5) is 4.43. The van der Waals surface area contributed by atoms with Gasteiger partial charge in [-0.15, -0.1) is 0 Å². The number of fused-ring (bicyclic) bond motifs is 1. The summed E-state index contributed by atoms with van der Waals surface area (Å²) in [5, 5.41) is 0.667. The summed E-state index contributed by atoms with van der Waals surface area (Å²) in [6, 6.07) is 13.5. The maximum Gasteiger partial charge on any atom is 0.227 e. The van der Waals surface area contributed by atoms with Crippen LogP contribution in [-0.4, -0.2) is 4.98 Å². The van der Waals surface area contributed by atoms with Crippen LogP contribution in [0.4, 0.5) is 0 Å². The van der Waals surface area contributed by atoms with Gasteiger partial charge in [0.15, 0.2) is 5.58 Å². The Bertz CT molecular complexity index is 693. The Morgan fingerprint density at radius 2 is 2.00 bits per heavy atom. The summed E-state index contributed by atoms with van der Waals surface area (Å²) < 4.78 is 6.84. The number of rotatable bonds is 1. The zero-order valence-corrected chi connectivity index (χ0v) is 11.6. The van der Waals surface area contributed by atoms with Crippen LogP contribution in [-0.2, 0) is 0 Å². The topological polar surface area (TPSA) is 26.0 Å². The number of nitrogens with zero attached hydrogens (tertiary/aromatic N) is 1. The fourth-order valence-corrected chi connectivity index (χ4v) is 2.36. The van der Waals surface area contributed by atoms with Gasteiger partial charge in [-0.1, -0.05) is 17.7 Å². The molecule has 3 rings (SSSR count). The Kier molecular flexibility index (Phi) is 2.80. The first kappa shape index (κ1) is 11.0. The van der Waals surface area contributed by atoms with E-state index in [4.69, 9.17) is 16.0 Å². The number of hydrogen-bond donors (Lipinski definition) is 0. The molecule has 0 unspecified atom stereocenters. The van der Waals surface area contributed by atoms with E-state index in [2.05, 4.69) is 27.6 Å². The highest BCUT2D eigenvalue weighted by Gasteiger charge is 2.08. The van der Waals surface area contributed by atoms with Crippen molar-refractivity contribution < 1.29 is 4.42 Å². The average molecular weight is 356 g/mol. The Balaban J connectivity index is 2.18. The fraction of sp³-hybridized carbons (Fsp3) is 0. The van der Waals surface area contributed by atoms with E-state index < -0.39 is 0 Å². The number of oxazole rings is 1. The molecule has 0 fully saturated rings. The minimum Gasteiger partial charge on any atom is -0.436 e. The molecule has 0 saturated heterocycles. The number of benzene rings is 2. The van der Waals surface area contributed by atoms with E-state index in [1.807, 2.05) is 30.3 Å². The smallest absolute Gasteiger partial charge is 0.227 e. The molecule has 2 aromatic carbocycles. The number of hydrogen-bond acceptors (Lipinski definition) is 2. The molecular formula is C13H7ClINO. The lowest BCUT2D eigenvalue weighted by Gasteiger charge is -1.94. The van der Waals surface area contributed by atoms with Gasteiger partial charge in [0.2, 0.25) is 5.89 Å². The van der Waals surface area contributed by atoms with Crippen molar-refractivity contribution in [2.75, 3.05) is 0 Å². The Hall–Kier alpha value is -1.07. The second-order valence-electron chi connectivity index (χ2n) is 3.64. The van der Waals surface area contributed by atoms with Crippen LogP contribution in [0.3, 0.4) is 0 Å². The highest BCUT2D eigenvalue weighted by atomic mass is 127. The first-order chi connectivity index (χ1) is 8.22. The molecule has 0 amide bonds. The lowest BCUT2D eigenvalue weighted by atomic mass is 10.2. The van der Waals surface area contributed by atoms with E-state index in [-0.39, 0.29) is 0 Å². The highest BCUT2D eigenvalue weighted by Crippen LogP contribution is 2.26. The third kappa shape index (κ3) is 2.17. The average Bonchev–Trinajstić information content (AvgIpc) is 2.72. The van der Waals surface area contributed by atoms with Crippen molar-refractivity contribution in [3.63, 3.8) is 0 Å². The molecule has 0 spiro atoms. The Morgan fingerprint density at radius 3 is 2.82 bits per heavy atom. The quantitative estimate of drug-likeness (QED) is 0.589. The Morgan fingerprint density at radius 1 is 1.12 bits per heavy atom. The maximum atomic E-state index is 5.92. The number of halogens is 2. The molecule has 0 aliphatic heterocycles. The largest absolute Gasteiger partial charge is 0.436 e. The van der Waals surface area contributed by atoms with Gasteiger partial charge >= 0.3 is 0 Å². The first-order valence-corrected chi connectivity index (χ1v) is 6.50. The normalized spacial score (nSPS) is 10.9. The third-order valence-corrected chi connectivity index (χ3v) is 3.33. The lowest BCUT2D eigenvalue weighted by Crippen LogP contribution is -1.77. The molecule has 4 heteroatoms. The maximum absolute atomic E-state index is 5.92. The molecule has 0 aliphatic carbocycles. The van der Waals surface area contributed by atoms with Gasteiger partial charge in [-0.25, -0.2) is 4.98 Å². The van der Waals surface area contributed by atoms with E-state index in [1.165, 1.54) is 0 Å². The van der Waals surface area contributed by atoms with Crippen LogP contribution in [0.2, 0.25) is 5.02 Å². The molecule has 0 N–H and O–H groups in total. The van der Waals surface area contributed by atoms with Crippen molar-refractivity contribution in [1.82, 2.24) is 4.98 Å². The van der Waals surface area contributed by atoms with Crippen LogP contribution in [0.15, 0.2) is 46.9 Å². The van der Waals surface area contributed by atoms with Gasteiger partial charge in [-0.3, -0.25) is 0 Å². The summed E-state index contributed by atoms with van der Waals surface area (Å²) in [5.41, 5.74) is 2.51. The molecule has 3 aromatic rings. The molecule has 0 atom stereocenters. The molecule has 17 heavy (non-hydrogen) atoms. The van der Waals surface area contributed by atoms with Crippen molar-refractivity contribution in [3.8, 4) is 11.5 Å². The van der Waals surface area contributed by atoms with Gasteiger partial charge in [0.25, 0.3) is 0 Å². The van der Waals surface area contributed by atoms with E-state index in [1.54, 1.807) is 12.1 Å². The van der Waals surface area contributed by atoms with Crippen LogP contribution in [0, 0.1) is 3.57 Å². The van der Waals surface area contributed by atoms with E-state index in [0.29, 0.717) is 10.9 Å². The lowest BCUT2D eigenvalue weighted by molar-refractivity contribution is 0.620. The summed E-state index contributed by atoms with van der Waals surface area (Å²) >= 11 is 8.18. The molecule has 2 nitrogen and oxygen atoms in total. The van der Waals surface area contributed by atoms with E-state index in [0.717, 1.165) is 20.2 Å². The third-order valence-electron chi connectivity index (χ3n) is 2.42. The zero-order chi connectivity index (χ0) is 11.8. The molecule has 1 aromatic heterocycles. The van der Waals surface area contributed by atoms with Crippen molar-refractivity contribution >= 4 is 45.3 Å². The molecule has 0 saturated carbocycles. The summed E-state index contributed by atoms with van der Waals surface area (Å²) in [6.45, 7) is 0. The predicted octanol–water partition coefficient (Wildman–Crippen LogP) is 4.75. The monoisotopic (exact) mass is 355 g/mol. The summed E-state index contributed by atoms with van der Waals surface area (Å²) in [5.74, 6) is 0.626. The Labute approximate surface area is 117 Å². The SMILES string of the molecule is Clc1ccc2oc(-c3cccc(I)c3)nc2c1. The van der Waals surface area contributed by atoms with Crippen LogP contribution in [0.25, 0.3) is 22.6 Å². The van der Waals surface area contributed by atoms with Crippen LogP contribution < -0.4 is 0 Å². The van der Waals surface area contributed by atoms with Crippen LogP contribution in [0.1, 0.15) is 0 Å². The molecule has 0 radical (unpaired) electrons. The van der Waals surface area contributed by atoms with Crippen LogP contribution >= 0.6 is 34.2 Å². The van der Waals surface area contributed by atoms with E-state index >= 15 is 0 Å². The standard InChI is InChI=1S/C13H7ClINO/c14-9-4-5-12-11(7-9)16-13(17-12)8-2-1-3-10(15)6-8/h1-7H.